The highest BCUT2D eigenvalue weighted by Gasteiger charge is 2.17. The van der Waals surface area contributed by atoms with Crippen molar-refractivity contribution in [1.82, 2.24) is 15.1 Å². The number of hydrogen-bond acceptors (Lipinski definition) is 4. The molecule has 3 aromatic rings. The average Bonchev–Trinajstić information content (AvgIpc) is 2.96. The fraction of sp³-hybridized carbons (Fsp3) is 0.333. The van der Waals surface area contributed by atoms with E-state index in [0.29, 0.717) is 25.4 Å². The second-order valence-corrected chi connectivity index (χ2v) is 9.09. The van der Waals surface area contributed by atoms with Crippen LogP contribution >= 0.6 is 0 Å². The lowest BCUT2D eigenvalue weighted by Gasteiger charge is -2.26. The van der Waals surface area contributed by atoms with Crippen LogP contribution in [0.5, 0.6) is 11.5 Å². The zero-order chi connectivity index (χ0) is 25.9. The van der Waals surface area contributed by atoms with E-state index in [1.807, 2.05) is 83.8 Å². The normalized spacial score (nSPS) is 13.1. The minimum absolute atomic E-state index is 0.0536. The largest absolute Gasteiger partial charge is 0.492 e. The number of carbonyl (C=O) groups excluding carboxylic acids is 2. The van der Waals surface area contributed by atoms with E-state index in [2.05, 4.69) is 5.32 Å². The predicted molar refractivity (Wildman–Crippen MR) is 145 cm³/mol. The molecular weight excluding hydrogens is 466 g/mol. The number of rotatable bonds is 10. The standard InChI is InChI=1S/C30H35N3O4/c1-31-30(35)33(22-24-8-4-2-5-9-24)20-21-36-27-14-10-25(11-15-27)26-12-16-28(17-13-26)37-23-29(34)32-18-6-3-7-19-32/h2,4-5,8-17H,3,6-7,18-23H2,1H3,(H,31,35). The Labute approximate surface area is 219 Å². The number of nitrogens with one attached hydrogen (secondary N) is 1. The highest BCUT2D eigenvalue weighted by Crippen LogP contribution is 2.25. The third kappa shape index (κ3) is 7.74. The second kappa shape index (κ2) is 13.3. The number of carbonyl (C=O) groups is 2. The quantitative estimate of drug-likeness (QED) is 0.426. The minimum Gasteiger partial charge on any atom is -0.492 e. The van der Waals surface area contributed by atoms with Gasteiger partial charge in [0.15, 0.2) is 6.61 Å². The molecule has 4 rings (SSSR count). The van der Waals surface area contributed by atoms with Crippen LogP contribution in [0.15, 0.2) is 78.9 Å². The minimum atomic E-state index is -0.133. The lowest BCUT2D eigenvalue weighted by Crippen LogP contribution is -2.40. The first-order valence-corrected chi connectivity index (χ1v) is 12.9. The van der Waals surface area contributed by atoms with E-state index >= 15 is 0 Å². The van der Waals surface area contributed by atoms with Gasteiger partial charge < -0.3 is 24.6 Å². The van der Waals surface area contributed by atoms with Crippen LogP contribution in [0.4, 0.5) is 4.79 Å². The molecule has 1 heterocycles. The van der Waals surface area contributed by atoms with E-state index in [0.717, 1.165) is 48.4 Å². The molecule has 0 atom stereocenters. The average molecular weight is 502 g/mol. The smallest absolute Gasteiger partial charge is 0.317 e. The lowest BCUT2D eigenvalue weighted by molar-refractivity contribution is -0.134. The molecule has 0 spiro atoms. The van der Waals surface area contributed by atoms with Gasteiger partial charge in [0, 0.05) is 26.7 Å². The molecule has 0 bridgehead atoms. The zero-order valence-corrected chi connectivity index (χ0v) is 21.4. The number of urea groups is 1. The van der Waals surface area contributed by atoms with Crippen molar-refractivity contribution in [2.24, 2.45) is 0 Å². The molecule has 1 saturated heterocycles. The van der Waals surface area contributed by atoms with E-state index in [1.165, 1.54) is 6.42 Å². The molecule has 1 fully saturated rings. The van der Waals surface area contributed by atoms with E-state index in [9.17, 15) is 9.59 Å². The molecule has 1 N–H and O–H groups in total. The predicted octanol–water partition coefficient (Wildman–Crippen LogP) is 4.97. The van der Waals surface area contributed by atoms with Crippen LogP contribution in [0.25, 0.3) is 11.1 Å². The summed E-state index contributed by atoms with van der Waals surface area (Å²) in [6.07, 6.45) is 3.35. The number of likely N-dealkylation sites (tertiary alicyclic amines) is 1. The lowest BCUT2D eigenvalue weighted by atomic mass is 10.1. The van der Waals surface area contributed by atoms with Gasteiger partial charge in [-0.1, -0.05) is 54.6 Å². The van der Waals surface area contributed by atoms with Gasteiger partial charge in [0.05, 0.1) is 6.54 Å². The van der Waals surface area contributed by atoms with Crippen LogP contribution in [0, 0.1) is 0 Å². The summed E-state index contributed by atoms with van der Waals surface area (Å²) in [4.78, 5) is 28.2. The van der Waals surface area contributed by atoms with E-state index in [-0.39, 0.29) is 18.5 Å². The van der Waals surface area contributed by atoms with E-state index in [4.69, 9.17) is 9.47 Å². The molecule has 3 aromatic carbocycles. The van der Waals surface area contributed by atoms with Crippen molar-refractivity contribution in [2.45, 2.75) is 25.8 Å². The summed E-state index contributed by atoms with van der Waals surface area (Å²) in [7, 11) is 1.63. The summed E-state index contributed by atoms with van der Waals surface area (Å²) >= 11 is 0. The van der Waals surface area contributed by atoms with E-state index in [1.54, 1.807) is 11.9 Å². The molecule has 1 aliphatic rings. The maximum Gasteiger partial charge on any atom is 0.317 e. The molecule has 0 aliphatic carbocycles. The van der Waals surface area contributed by atoms with Gasteiger partial charge in [-0.05, 0) is 60.2 Å². The van der Waals surface area contributed by atoms with Crippen LogP contribution in [0.1, 0.15) is 24.8 Å². The van der Waals surface area contributed by atoms with Crippen molar-refractivity contribution in [3.63, 3.8) is 0 Å². The summed E-state index contributed by atoms with van der Waals surface area (Å²) in [6, 6.07) is 25.4. The van der Waals surface area contributed by atoms with Gasteiger partial charge in [-0.15, -0.1) is 0 Å². The highest BCUT2D eigenvalue weighted by atomic mass is 16.5. The molecule has 194 valence electrons. The second-order valence-electron chi connectivity index (χ2n) is 9.09. The van der Waals surface area contributed by atoms with Crippen molar-refractivity contribution < 1.29 is 19.1 Å². The first-order chi connectivity index (χ1) is 18.1. The fourth-order valence-corrected chi connectivity index (χ4v) is 4.35. The third-order valence-corrected chi connectivity index (χ3v) is 6.46. The summed E-state index contributed by atoms with van der Waals surface area (Å²) < 4.78 is 11.6. The van der Waals surface area contributed by atoms with Crippen LogP contribution in [0.3, 0.4) is 0 Å². The van der Waals surface area contributed by atoms with Gasteiger partial charge in [0.1, 0.15) is 18.1 Å². The summed E-state index contributed by atoms with van der Waals surface area (Å²) in [5, 5.41) is 2.70. The van der Waals surface area contributed by atoms with Crippen molar-refractivity contribution in [3.8, 4) is 22.6 Å². The maximum absolute atomic E-state index is 12.3. The molecule has 3 amide bonds. The summed E-state index contributed by atoms with van der Waals surface area (Å²) in [5.41, 5.74) is 3.18. The molecule has 0 saturated carbocycles. The number of piperidine rings is 1. The summed E-state index contributed by atoms with van der Waals surface area (Å²) in [6.45, 7) is 3.13. The Morgan fingerprint density at radius 2 is 1.41 bits per heavy atom. The SMILES string of the molecule is CNC(=O)N(CCOc1ccc(-c2ccc(OCC(=O)N3CCCCC3)cc2)cc1)Cc1ccccc1. The molecule has 7 heteroatoms. The first-order valence-electron chi connectivity index (χ1n) is 12.9. The van der Waals surface area contributed by atoms with Gasteiger partial charge in [-0.3, -0.25) is 4.79 Å². The number of amides is 3. The van der Waals surface area contributed by atoms with Crippen molar-refractivity contribution >= 4 is 11.9 Å². The maximum atomic E-state index is 12.3. The van der Waals surface area contributed by atoms with E-state index < -0.39 is 0 Å². The first kappa shape index (κ1) is 26.1. The fourth-order valence-electron chi connectivity index (χ4n) is 4.35. The monoisotopic (exact) mass is 501 g/mol. The Hall–Kier alpha value is -4.00. The molecule has 0 unspecified atom stereocenters. The Kier molecular flexibility index (Phi) is 9.41. The van der Waals surface area contributed by atoms with Crippen LogP contribution in [0.2, 0.25) is 0 Å². The third-order valence-electron chi connectivity index (χ3n) is 6.46. The van der Waals surface area contributed by atoms with Gasteiger partial charge in [-0.25, -0.2) is 4.79 Å². The number of hydrogen-bond donors (Lipinski definition) is 1. The van der Waals surface area contributed by atoms with Gasteiger partial charge in [0.2, 0.25) is 0 Å². The van der Waals surface area contributed by atoms with Crippen molar-refractivity contribution in [1.29, 1.82) is 0 Å². The Bertz CT molecular complexity index is 1130. The molecular formula is C30H35N3O4. The molecule has 0 radical (unpaired) electrons. The van der Waals surface area contributed by atoms with Crippen molar-refractivity contribution in [2.75, 3.05) is 39.9 Å². The van der Waals surface area contributed by atoms with Crippen LogP contribution in [-0.2, 0) is 11.3 Å². The number of nitrogens with zero attached hydrogens (tertiary/aromatic N) is 2. The number of ether oxygens (including phenoxy) is 2. The van der Waals surface area contributed by atoms with Crippen LogP contribution in [-0.4, -0.2) is 61.6 Å². The van der Waals surface area contributed by atoms with Gasteiger partial charge in [-0.2, -0.15) is 0 Å². The van der Waals surface area contributed by atoms with Gasteiger partial charge in [0.25, 0.3) is 5.91 Å². The Balaban J connectivity index is 1.25. The molecule has 37 heavy (non-hydrogen) atoms. The number of benzene rings is 3. The molecule has 0 aromatic heterocycles. The summed E-state index contributed by atoms with van der Waals surface area (Å²) in [5.74, 6) is 1.49. The topological polar surface area (TPSA) is 71.1 Å². The van der Waals surface area contributed by atoms with Gasteiger partial charge >= 0.3 is 6.03 Å². The molecule has 1 aliphatic heterocycles. The van der Waals surface area contributed by atoms with Crippen LogP contribution < -0.4 is 14.8 Å². The van der Waals surface area contributed by atoms with Crippen molar-refractivity contribution in [3.05, 3.63) is 84.4 Å². The molecule has 7 nitrogen and oxygen atoms in total. The zero-order valence-electron chi connectivity index (χ0n) is 21.4. The highest BCUT2D eigenvalue weighted by molar-refractivity contribution is 5.78. The Morgan fingerprint density at radius 3 is 2.00 bits per heavy atom. The Morgan fingerprint density at radius 1 is 0.811 bits per heavy atom.